The third-order valence-electron chi connectivity index (χ3n) is 4.30. The van der Waals surface area contributed by atoms with Gasteiger partial charge >= 0.3 is 0 Å². The number of benzene rings is 1. The smallest absolute Gasteiger partial charge is 0.0504 e. The van der Waals surface area contributed by atoms with Crippen LogP contribution in [-0.2, 0) is 0 Å². The SMILES string of the molecule is Cc1ccc(C)c(NCC2(CO)CCCCC2)c1. The molecule has 1 aromatic rings. The van der Waals surface area contributed by atoms with E-state index in [1.165, 1.54) is 36.1 Å². The maximum Gasteiger partial charge on any atom is 0.0504 e. The molecule has 0 amide bonds. The maximum atomic E-state index is 9.70. The second-order valence-corrected chi connectivity index (χ2v) is 5.89. The van der Waals surface area contributed by atoms with E-state index in [0.29, 0.717) is 6.61 Å². The summed E-state index contributed by atoms with van der Waals surface area (Å²) in [7, 11) is 0. The molecular weight excluding hydrogens is 222 g/mol. The number of aliphatic hydroxyl groups is 1. The first-order valence-corrected chi connectivity index (χ1v) is 7.07. The van der Waals surface area contributed by atoms with Crippen molar-refractivity contribution in [2.75, 3.05) is 18.5 Å². The summed E-state index contributed by atoms with van der Waals surface area (Å²) in [6.45, 7) is 5.46. The van der Waals surface area contributed by atoms with Gasteiger partial charge in [-0.25, -0.2) is 0 Å². The molecule has 0 aliphatic heterocycles. The Morgan fingerprint density at radius 3 is 2.56 bits per heavy atom. The van der Waals surface area contributed by atoms with Crippen LogP contribution in [0, 0.1) is 19.3 Å². The van der Waals surface area contributed by atoms with Gasteiger partial charge in [-0.2, -0.15) is 0 Å². The van der Waals surface area contributed by atoms with E-state index in [1.54, 1.807) is 0 Å². The quantitative estimate of drug-likeness (QED) is 0.851. The lowest BCUT2D eigenvalue weighted by Crippen LogP contribution is -2.35. The molecule has 1 aliphatic carbocycles. The minimum absolute atomic E-state index is 0.106. The van der Waals surface area contributed by atoms with Gasteiger partial charge in [-0.15, -0.1) is 0 Å². The van der Waals surface area contributed by atoms with Gasteiger partial charge in [0.2, 0.25) is 0 Å². The van der Waals surface area contributed by atoms with E-state index in [0.717, 1.165) is 19.4 Å². The summed E-state index contributed by atoms with van der Waals surface area (Å²) in [5.74, 6) is 0. The monoisotopic (exact) mass is 247 g/mol. The first kappa shape index (κ1) is 13.4. The second-order valence-electron chi connectivity index (χ2n) is 5.89. The summed E-state index contributed by atoms with van der Waals surface area (Å²) < 4.78 is 0. The minimum atomic E-state index is 0.106. The van der Waals surface area contributed by atoms with E-state index in [1.807, 2.05) is 0 Å². The first-order chi connectivity index (χ1) is 8.65. The highest BCUT2D eigenvalue weighted by atomic mass is 16.3. The van der Waals surface area contributed by atoms with E-state index >= 15 is 0 Å². The van der Waals surface area contributed by atoms with Gasteiger partial charge in [-0.3, -0.25) is 0 Å². The van der Waals surface area contributed by atoms with Crippen molar-refractivity contribution in [3.8, 4) is 0 Å². The summed E-state index contributed by atoms with van der Waals surface area (Å²) in [5.41, 5.74) is 3.89. The Morgan fingerprint density at radius 1 is 1.17 bits per heavy atom. The van der Waals surface area contributed by atoms with Crippen LogP contribution in [0.4, 0.5) is 5.69 Å². The zero-order valence-electron chi connectivity index (χ0n) is 11.6. The lowest BCUT2D eigenvalue weighted by Gasteiger charge is -2.36. The van der Waals surface area contributed by atoms with Crippen molar-refractivity contribution in [1.82, 2.24) is 0 Å². The molecule has 1 saturated carbocycles. The molecule has 1 fully saturated rings. The standard InChI is InChI=1S/C16H25NO/c1-13-6-7-14(2)15(10-13)17-11-16(12-18)8-4-3-5-9-16/h6-7,10,17-18H,3-5,8-9,11-12H2,1-2H3. The largest absolute Gasteiger partial charge is 0.396 e. The summed E-state index contributed by atoms with van der Waals surface area (Å²) in [5, 5.41) is 13.3. The average Bonchev–Trinajstić information content (AvgIpc) is 2.41. The van der Waals surface area contributed by atoms with E-state index < -0.39 is 0 Å². The normalized spacial score (nSPS) is 18.6. The molecule has 0 spiro atoms. The number of hydrogen-bond donors (Lipinski definition) is 2. The van der Waals surface area contributed by atoms with Crippen molar-refractivity contribution < 1.29 is 5.11 Å². The molecule has 2 N–H and O–H groups in total. The lowest BCUT2D eigenvalue weighted by molar-refractivity contribution is 0.0944. The van der Waals surface area contributed by atoms with E-state index in [2.05, 4.69) is 37.4 Å². The Morgan fingerprint density at radius 2 is 1.89 bits per heavy atom. The molecule has 0 bridgehead atoms. The van der Waals surface area contributed by atoms with Crippen LogP contribution in [0.5, 0.6) is 0 Å². The number of nitrogens with one attached hydrogen (secondary N) is 1. The van der Waals surface area contributed by atoms with Gasteiger partial charge < -0.3 is 10.4 Å². The molecule has 2 heteroatoms. The predicted octanol–water partition coefficient (Wildman–Crippen LogP) is 3.66. The van der Waals surface area contributed by atoms with E-state index in [-0.39, 0.29) is 5.41 Å². The number of anilines is 1. The molecule has 0 heterocycles. The summed E-state index contributed by atoms with van der Waals surface area (Å²) in [4.78, 5) is 0. The zero-order chi connectivity index (χ0) is 13.0. The molecule has 0 unspecified atom stereocenters. The molecule has 2 nitrogen and oxygen atoms in total. The predicted molar refractivity (Wildman–Crippen MR) is 77.0 cm³/mol. The molecular formula is C16H25NO. The van der Waals surface area contributed by atoms with E-state index in [9.17, 15) is 5.11 Å². The van der Waals surface area contributed by atoms with Crippen LogP contribution in [0.25, 0.3) is 0 Å². The van der Waals surface area contributed by atoms with Crippen molar-refractivity contribution in [3.05, 3.63) is 29.3 Å². The van der Waals surface area contributed by atoms with Crippen LogP contribution in [-0.4, -0.2) is 18.3 Å². The van der Waals surface area contributed by atoms with Crippen molar-refractivity contribution in [3.63, 3.8) is 0 Å². The lowest BCUT2D eigenvalue weighted by atomic mass is 9.74. The van der Waals surface area contributed by atoms with Crippen molar-refractivity contribution in [1.29, 1.82) is 0 Å². The number of aliphatic hydroxyl groups excluding tert-OH is 1. The molecule has 0 saturated heterocycles. The van der Waals surface area contributed by atoms with Crippen LogP contribution in [0.1, 0.15) is 43.2 Å². The van der Waals surface area contributed by atoms with Crippen molar-refractivity contribution in [2.24, 2.45) is 5.41 Å². The van der Waals surface area contributed by atoms with Gasteiger partial charge in [0.05, 0.1) is 6.61 Å². The molecule has 0 atom stereocenters. The Hall–Kier alpha value is -1.02. The molecule has 100 valence electrons. The summed E-state index contributed by atoms with van der Waals surface area (Å²) >= 11 is 0. The second kappa shape index (κ2) is 5.75. The first-order valence-electron chi connectivity index (χ1n) is 7.07. The van der Waals surface area contributed by atoms with Gasteiger partial charge in [-0.05, 0) is 43.9 Å². The minimum Gasteiger partial charge on any atom is -0.396 e. The molecule has 1 aromatic carbocycles. The summed E-state index contributed by atoms with van der Waals surface area (Å²) in [6.07, 6.45) is 6.15. The molecule has 2 rings (SSSR count). The molecule has 0 radical (unpaired) electrons. The van der Waals surface area contributed by atoms with Crippen molar-refractivity contribution in [2.45, 2.75) is 46.0 Å². The zero-order valence-corrected chi connectivity index (χ0v) is 11.6. The third kappa shape index (κ3) is 3.05. The van der Waals surface area contributed by atoms with Gasteiger partial charge in [0.15, 0.2) is 0 Å². The van der Waals surface area contributed by atoms with Gasteiger partial charge in [0.1, 0.15) is 0 Å². The highest BCUT2D eigenvalue weighted by Gasteiger charge is 2.31. The Labute approximate surface area is 110 Å². The fourth-order valence-corrected chi connectivity index (χ4v) is 2.90. The molecule has 1 aliphatic rings. The fraction of sp³-hybridized carbons (Fsp3) is 0.625. The van der Waals surface area contributed by atoms with E-state index in [4.69, 9.17) is 0 Å². The summed E-state index contributed by atoms with van der Waals surface area (Å²) in [6, 6.07) is 6.50. The van der Waals surface area contributed by atoms with Crippen LogP contribution in [0.2, 0.25) is 0 Å². The van der Waals surface area contributed by atoms with Gasteiger partial charge in [-0.1, -0.05) is 31.4 Å². The number of hydrogen-bond acceptors (Lipinski definition) is 2. The van der Waals surface area contributed by atoms with Crippen LogP contribution >= 0.6 is 0 Å². The highest BCUT2D eigenvalue weighted by molar-refractivity contribution is 5.52. The van der Waals surface area contributed by atoms with Crippen LogP contribution in [0.3, 0.4) is 0 Å². The van der Waals surface area contributed by atoms with Gasteiger partial charge in [0, 0.05) is 17.6 Å². The van der Waals surface area contributed by atoms with Crippen molar-refractivity contribution >= 4 is 5.69 Å². The number of aryl methyl sites for hydroxylation is 2. The Kier molecular flexibility index (Phi) is 4.28. The Bertz CT molecular complexity index is 394. The van der Waals surface area contributed by atoms with Gasteiger partial charge in [0.25, 0.3) is 0 Å². The molecule has 0 aromatic heterocycles. The topological polar surface area (TPSA) is 32.3 Å². The Balaban J connectivity index is 2.03. The van der Waals surface area contributed by atoms with Crippen LogP contribution < -0.4 is 5.32 Å². The fourth-order valence-electron chi connectivity index (χ4n) is 2.90. The maximum absolute atomic E-state index is 9.70. The molecule has 18 heavy (non-hydrogen) atoms. The average molecular weight is 247 g/mol. The number of rotatable bonds is 4. The highest BCUT2D eigenvalue weighted by Crippen LogP contribution is 2.36. The third-order valence-corrected chi connectivity index (χ3v) is 4.30. The van der Waals surface area contributed by atoms with Crippen LogP contribution in [0.15, 0.2) is 18.2 Å².